The molecule has 0 atom stereocenters. The van der Waals surface area contributed by atoms with E-state index >= 15 is 0 Å². The second kappa shape index (κ2) is 9.20. The number of pyridine rings is 1. The van der Waals surface area contributed by atoms with Gasteiger partial charge in [-0.1, -0.05) is 32.4 Å². The number of halogens is 1. The Kier molecular flexibility index (Phi) is 6.81. The number of hydrogen-bond donors (Lipinski definition) is 1. The quantitative estimate of drug-likeness (QED) is 0.579. The molecule has 3 aromatic heterocycles. The maximum atomic E-state index is 13.0. The molecule has 3 heterocycles. The van der Waals surface area contributed by atoms with Gasteiger partial charge in [-0.25, -0.2) is 4.68 Å². The molecule has 9 heteroatoms. The van der Waals surface area contributed by atoms with E-state index in [-0.39, 0.29) is 24.4 Å². The molecule has 0 fully saturated rings. The van der Waals surface area contributed by atoms with Crippen LogP contribution in [-0.2, 0) is 24.2 Å². The fraction of sp³-hybridized carbons (Fsp3) is 0.364. The fourth-order valence-electron chi connectivity index (χ4n) is 3.10. The Balaban J connectivity index is 1.98. The van der Waals surface area contributed by atoms with Crippen LogP contribution in [0.4, 0.5) is 0 Å². The second-order valence-corrected chi connectivity index (χ2v) is 10.1. The first-order valence-electron chi connectivity index (χ1n) is 9.92. The van der Waals surface area contributed by atoms with E-state index in [2.05, 4.69) is 5.10 Å². The van der Waals surface area contributed by atoms with Gasteiger partial charge in [0.25, 0.3) is 11.5 Å². The summed E-state index contributed by atoms with van der Waals surface area (Å²) in [5, 5.41) is 4.50. The van der Waals surface area contributed by atoms with E-state index in [9.17, 15) is 14.4 Å². The molecule has 31 heavy (non-hydrogen) atoms. The number of carbonyl (C=O) groups excluding carboxylic acids is 2. The third-order valence-electron chi connectivity index (χ3n) is 4.77. The molecule has 0 aliphatic rings. The SMILES string of the molecule is CC(C)(C)C(=O)n1nc(-c2cccn(CCC(N)=O)c2=O)cc1CCc1ccc(Cl)s1. The second-order valence-electron chi connectivity index (χ2n) is 8.33. The topological polar surface area (TPSA) is 100.0 Å². The van der Waals surface area contributed by atoms with Crippen molar-refractivity contribution in [2.45, 2.75) is 46.6 Å². The standard InChI is InChI=1S/C22H25ClN4O3S/c1-22(2,3)21(30)27-14(6-7-15-8-9-18(23)31-15)13-17(25-27)16-5-4-11-26(20(16)29)12-10-19(24)28/h4-5,8-9,11,13H,6-7,10,12H2,1-3H3,(H2,24,28). The van der Waals surface area contributed by atoms with E-state index in [0.29, 0.717) is 24.1 Å². The van der Waals surface area contributed by atoms with Gasteiger partial charge in [0.15, 0.2) is 0 Å². The molecule has 0 bridgehead atoms. The molecule has 0 saturated carbocycles. The average molecular weight is 461 g/mol. The molecule has 0 aromatic carbocycles. The summed E-state index contributed by atoms with van der Waals surface area (Å²) in [5.74, 6) is -0.628. The lowest BCUT2D eigenvalue weighted by molar-refractivity contribution is -0.118. The van der Waals surface area contributed by atoms with Crippen molar-refractivity contribution in [3.05, 3.63) is 61.8 Å². The van der Waals surface area contributed by atoms with Gasteiger partial charge in [-0.05, 0) is 43.2 Å². The molecule has 0 aliphatic carbocycles. The monoisotopic (exact) mass is 460 g/mol. The highest BCUT2D eigenvalue weighted by Gasteiger charge is 2.27. The van der Waals surface area contributed by atoms with Crippen LogP contribution >= 0.6 is 22.9 Å². The van der Waals surface area contributed by atoms with Crippen molar-refractivity contribution >= 4 is 34.8 Å². The third-order valence-corrected chi connectivity index (χ3v) is 6.06. The number of primary amides is 1. The van der Waals surface area contributed by atoms with Crippen molar-refractivity contribution in [2.75, 3.05) is 0 Å². The molecular weight excluding hydrogens is 436 g/mol. The molecule has 0 radical (unpaired) electrons. The number of hydrogen-bond acceptors (Lipinski definition) is 5. The van der Waals surface area contributed by atoms with Crippen molar-refractivity contribution < 1.29 is 9.59 Å². The number of amides is 1. The molecule has 1 amide bonds. The van der Waals surface area contributed by atoms with Gasteiger partial charge < -0.3 is 10.3 Å². The Labute approximate surface area is 189 Å². The highest BCUT2D eigenvalue weighted by molar-refractivity contribution is 7.16. The summed E-state index contributed by atoms with van der Waals surface area (Å²) in [6.07, 6.45) is 2.95. The molecule has 0 unspecified atom stereocenters. The number of carbonyl (C=O) groups is 2. The van der Waals surface area contributed by atoms with Crippen molar-refractivity contribution in [3.8, 4) is 11.3 Å². The number of rotatable bonds is 7. The molecule has 0 saturated heterocycles. The predicted molar refractivity (Wildman–Crippen MR) is 123 cm³/mol. The van der Waals surface area contributed by atoms with Crippen LogP contribution in [0.25, 0.3) is 11.3 Å². The van der Waals surface area contributed by atoms with Gasteiger partial charge in [-0.15, -0.1) is 11.3 Å². The molecule has 3 aromatic rings. The lowest BCUT2D eigenvalue weighted by Crippen LogP contribution is -2.29. The van der Waals surface area contributed by atoms with Gasteiger partial charge in [0.2, 0.25) is 5.91 Å². The first-order valence-corrected chi connectivity index (χ1v) is 11.1. The van der Waals surface area contributed by atoms with Gasteiger partial charge in [0.1, 0.15) is 0 Å². The summed E-state index contributed by atoms with van der Waals surface area (Å²) in [4.78, 5) is 38.1. The summed E-state index contributed by atoms with van der Waals surface area (Å²) in [6, 6.07) is 8.99. The number of aromatic nitrogens is 3. The van der Waals surface area contributed by atoms with E-state index < -0.39 is 11.3 Å². The first kappa shape index (κ1) is 23.0. The Bertz CT molecular complexity index is 1170. The normalized spacial score (nSPS) is 11.6. The molecule has 0 aliphatic heterocycles. The Morgan fingerprint density at radius 2 is 1.94 bits per heavy atom. The number of nitrogens with zero attached hydrogens (tertiary/aromatic N) is 3. The van der Waals surface area contributed by atoms with Crippen molar-refractivity contribution in [2.24, 2.45) is 11.1 Å². The van der Waals surface area contributed by atoms with Gasteiger partial charge in [-0.2, -0.15) is 5.10 Å². The largest absolute Gasteiger partial charge is 0.370 e. The minimum absolute atomic E-state index is 0.0644. The smallest absolute Gasteiger partial charge is 0.260 e. The summed E-state index contributed by atoms with van der Waals surface area (Å²) in [7, 11) is 0. The van der Waals surface area contributed by atoms with Crippen molar-refractivity contribution in [3.63, 3.8) is 0 Å². The van der Waals surface area contributed by atoms with Crippen LogP contribution in [-0.4, -0.2) is 26.2 Å². The molecule has 7 nitrogen and oxygen atoms in total. The van der Waals surface area contributed by atoms with Crippen LogP contribution in [0.1, 0.15) is 42.6 Å². The molecule has 3 rings (SSSR count). The highest BCUT2D eigenvalue weighted by Crippen LogP contribution is 2.25. The first-order chi connectivity index (χ1) is 14.6. The molecule has 0 spiro atoms. The minimum Gasteiger partial charge on any atom is -0.370 e. The zero-order valence-electron chi connectivity index (χ0n) is 17.7. The summed E-state index contributed by atoms with van der Waals surface area (Å²) >= 11 is 7.53. The third kappa shape index (κ3) is 5.51. The molecular formula is C22H25ClN4O3S. The Morgan fingerprint density at radius 1 is 1.19 bits per heavy atom. The van der Waals surface area contributed by atoms with E-state index in [1.807, 2.05) is 32.9 Å². The van der Waals surface area contributed by atoms with E-state index in [1.165, 1.54) is 20.6 Å². The van der Waals surface area contributed by atoms with E-state index in [4.69, 9.17) is 17.3 Å². The zero-order chi connectivity index (χ0) is 22.8. The van der Waals surface area contributed by atoms with Crippen molar-refractivity contribution in [1.82, 2.24) is 14.3 Å². The Morgan fingerprint density at radius 3 is 2.55 bits per heavy atom. The van der Waals surface area contributed by atoms with Crippen LogP contribution in [0, 0.1) is 5.41 Å². The zero-order valence-corrected chi connectivity index (χ0v) is 19.3. The van der Waals surface area contributed by atoms with Crippen LogP contribution in [0.15, 0.2) is 41.3 Å². The van der Waals surface area contributed by atoms with E-state index in [0.717, 1.165) is 14.9 Å². The van der Waals surface area contributed by atoms with Crippen LogP contribution < -0.4 is 11.3 Å². The number of aryl methyl sites for hydroxylation is 3. The van der Waals surface area contributed by atoms with Gasteiger partial charge in [0.05, 0.1) is 15.6 Å². The predicted octanol–water partition coefficient (Wildman–Crippen LogP) is 3.77. The van der Waals surface area contributed by atoms with Crippen LogP contribution in [0.5, 0.6) is 0 Å². The maximum absolute atomic E-state index is 13.0. The summed E-state index contributed by atoms with van der Waals surface area (Å²) in [5.41, 5.74) is 5.81. The van der Waals surface area contributed by atoms with Gasteiger partial charge >= 0.3 is 0 Å². The highest BCUT2D eigenvalue weighted by atomic mass is 35.5. The Hall–Kier alpha value is -2.71. The minimum atomic E-state index is -0.636. The average Bonchev–Trinajstić information content (AvgIpc) is 3.30. The van der Waals surface area contributed by atoms with Gasteiger partial charge in [-0.3, -0.25) is 14.4 Å². The fourth-order valence-corrected chi connectivity index (χ4v) is 4.19. The van der Waals surface area contributed by atoms with Gasteiger partial charge in [0, 0.05) is 35.1 Å². The lowest BCUT2D eigenvalue weighted by atomic mass is 9.95. The maximum Gasteiger partial charge on any atom is 0.260 e. The molecule has 2 N–H and O–H groups in total. The number of nitrogens with two attached hydrogens (primary N) is 1. The number of thiophene rings is 1. The van der Waals surface area contributed by atoms with Crippen LogP contribution in [0.2, 0.25) is 4.34 Å². The van der Waals surface area contributed by atoms with Crippen LogP contribution in [0.3, 0.4) is 0 Å². The summed E-state index contributed by atoms with van der Waals surface area (Å²) < 4.78 is 3.55. The van der Waals surface area contributed by atoms with E-state index in [1.54, 1.807) is 24.4 Å². The van der Waals surface area contributed by atoms with Crippen molar-refractivity contribution in [1.29, 1.82) is 0 Å². The lowest BCUT2D eigenvalue weighted by Gasteiger charge is -2.17. The summed E-state index contributed by atoms with van der Waals surface area (Å²) in [6.45, 7) is 5.69. The molecule has 164 valence electrons.